The molecule has 0 fully saturated rings. The monoisotopic (exact) mass is 438 g/mol. The van der Waals surface area contributed by atoms with Crippen molar-refractivity contribution in [3.8, 4) is 5.75 Å². The molecule has 31 heavy (non-hydrogen) atoms. The van der Waals surface area contributed by atoms with Crippen LogP contribution < -0.4 is 15.4 Å². The molecule has 158 valence electrons. The van der Waals surface area contributed by atoms with Crippen molar-refractivity contribution < 1.29 is 23.9 Å². The first kappa shape index (κ1) is 21.9. The number of rotatable bonds is 6. The van der Waals surface area contributed by atoms with Gasteiger partial charge in [-0.1, -0.05) is 23.7 Å². The molecule has 0 saturated carbocycles. The molecule has 0 heterocycles. The Hall–Kier alpha value is -3.84. The van der Waals surface area contributed by atoms with Crippen molar-refractivity contribution in [3.63, 3.8) is 0 Å². The number of anilines is 2. The van der Waals surface area contributed by atoms with Gasteiger partial charge >= 0.3 is 6.16 Å². The van der Waals surface area contributed by atoms with Gasteiger partial charge in [0.05, 0.1) is 17.2 Å². The average Bonchev–Trinajstić information content (AvgIpc) is 2.76. The standard InChI is InChI=1S/C23H19ClN2O5/c1-2-30-23(29)31-18-13-7-15(8-14-18)21(27)25-16-9-11-17(12-10-16)26-22(28)19-5-3-4-6-20(19)24/h3-14H,2H2,1H3,(H,25,27)(H,26,28). The van der Waals surface area contributed by atoms with Crippen LogP contribution in [0.3, 0.4) is 0 Å². The molecule has 0 aliphatic heterocycles. The summed E-state index contributed by atoms with van der Waals surface area (Å²) < 4.78 is 9.65. The Balaban J connectivity index is 1.58. The molecule has 0 bridgehead atoms. The molecule has 3 aromatic carbocycles. The Morgan fingerprint density at radius 3 is 1.97 bits per heavy atom. The number of carbonyl (C=O) groups is 3. The van der Waals surface area contributed by atoms with Crippen molar-refractivity contribution in [1.82, 2.24) is 0 Å². The molecule has 0 aromatic heterocycles. The van der Waals surface area contributed by atoms with E-state index in [0.29, 0.717) is 27.5 Å². The van der Waals surface area contributed by atoms with E-state index in [9.17, 15) is 14.4 Å². The SMILES string of the molecule is CCOC(=O)Oc1ccc(C(=O)Nc2ccc(NC(=O)c3ccccc3Cl)cc2)cc1. The summed E-state index contributed by atoms with van der Waals surface area (Å²) in [6.07, 6.45) is -0.804. The highest BCUT2D eigenvalue weighted by molar-refractivity contribution is 6.34. The van der Waals surface area contributed by atoms with Crippen molar-refractivity contribution in [2.75, 3.05) is 17.2 Å². The quantitative estimate of drug-likeness (QED) is 0.398. The fraction of sp³-hybridized carbons (Fsp3) is 0.0870. The molecule has 2 N–H and O–H groups in total. The lowest BCUT2D eigenvalue weighted by atomic mass is 10.2. The lowest BCUT2D eigenvalue weighted by molar-refractivity contribution is 0.101. The van der Waals surface area contributed by atoms with E-state index < -0.39 is 6.16 Å². The van der Waals surface area contributed by atoms with E-state index in [1.807, 2.05) is 0 Å². The van der Waals surface area contributed by atoms with Crippen LogP contribution in [0.4, 0.5) is 16.2 Å². The molecule has 0 radical (unpaired) electrons. The summed E-state index contributed by atoms with van der Waals surface area (Å²) in [7, 11) is 0. The number of benzene rings is 3. The highest BCUT2D eigenvalue weighted by atomic mass is 35.5. The van der Waals surface area contributed by atoms with E-state index in [4.69, 9.17) is 21.1 Å². The topological polar surface area (TPSA) is 93.7 Å². The summed E-state index contributed by atoms with van der Waals surface area (Å²) in [5, 5.41) is 5.87. The average molecular weight is 439 g/mol. The molecule has 3 aromatic rings. The van der Waals surface area contributed by atoms with E-state index in [1.54, 1.807) is 55.5 Å². The van der Waals surface area contributed by atoms with Crippen molar-refractivity contribution in [2.45, 2.75) is 6.92 Å². The van der Waals surface area contributed by atoms with Gasteiger partial charge in [0.1, 0.15) is 5.75 Å². The van der Waals surface area contributed by atoms with Gasteiger partial charge in [0, 0.05) is 16.9 Å². The van der Waals surface area contributed by atoms with Crippen molar-refractivity contribution >= 4 is 40.9 Å². The van der Waals surface area contributed by atoms with Gasteiger partial charge in [-0.15, -0.1) is 0 Å². The lowest BCUT2D eigenvalue weighted by Crippen LogP contribution is -2.14. The summed E-state index contributed by atoms with van der Waals surface area (Å²) in [6.45, 7) is 1.88. The third-order valence-electron chi connectivity index (χ3n) is 4.10. The normalized spacial score (nSPS) is 10.1. The van der Waals surface area contributed by atoms with Gasteiger partial charge in [-0.2, -0.15) is 0 Å². The van der Waals surface area contributed by atoms with Crippen LogP contribution >= 0.6 is 11.6 Å². The second-order valence-corrected chi connectivity index (χ2v) is 6.68. The first-order valence-corrected chi connectivity index (χ1v) is 9.76. The molecule has 0 aliphatic carbocycles. The maximum absolute atomic E-state index is 12.4. The molecule has 0 spiro atoms. The summed E-state index contributed by atoms with van der Waals surface area (Å²) in [5.74, 6) is -0.392. The van der Waals surface area contributed by atoms with E-state index in [1.165, 1.54) is 24.3 Å². The van der Waals surface area contributed by atoms with Crippen LogP contribution in [0.5, 0.6) is 5.75 Å². The zero-order valence-electron chi connectivity index (χ0n) is 16.6. The highest BCUT2D eigenvalue weighted by Crippen LogP contribution is 2.19. The predicted molar refractivity (Wildman–Crippen MR) is 118 cm³/mol. The van der Waals surface area contributed by atoms with Gasteiger partial charge in [0.2, 0.25) is 0 Å². The van der Waals surface area contributed by atoms with Crippen LogP contribution in [0.2, 0.25) is 5.02 Å². The number of ether oxygens (including phenoxy) is 2. The van der Waals surface area contributed by atoms with Crippen LogP contribution in [-0.2, 0) is 4.74 Å². The molecule has 2 amide bonds. The van der Waals surface area contributed by atoms with E-state index >= 15 is 0 Å². The largest absolute Gasteiger partial charge is 0.513 e. The third kappa shape index (κ3) is 6.07. The van der Waals surface area contributed by atoms with Crippen LogP contribution in [0.15, 0.2) is 72.8 Å². The van der Waals surface area contributed by atoms with Crippen LogP contribution in [0.1, 0.15) is 27.6 Å². The van der Waals surface area contributed by atoms with Crippen molar-refractivity contribution in [2.24, 2.45) is 0 Å². The van der Waals surface area contributed by atoms with Crippen LogP contribution in [-0.4, -0.2) is 24.6 Å². The maximum atomic E-state index is 12.4. The molecule has 0 atom stereocenters. The van der Waals surface area contributed by atoms with E-state index in [0.717, 1.165) is 0 Å². The first-order chi connectivity index (χ1) is 15.0. The van der Waals surface area contributed by atoms with E-state index in [2.05, 4.69) is 10.6 Å². The second-order valence-electron chi connectivity index (χ2n) is 6.27. The fourth-order valence-electron chi connectivity index (χ4n) is 2.60. The molecule has 0 aliphatic rings. The predicted octanol–water partition coefficient (Wildman–Crippen LogP) is 5.38. The number of nitrogens with one attached hydrogen (secondary N) is 2. The zero-order chi connectivity index (χ0) is 22.2. The summed E-state index contributed by atoms with van der Waals surface area (Å²) in [4.78, 5) is 36.0. The molecular formula is C23H19ClN2O5. The Bertz CT molecular complexity index is 1080. The van der Waals surface area contributed by atoms with Gasteiger partial charge in [-0.05, 0) is 67.6 Å². The molecule has 3 rings (SSSR count). The first-order valence-electron chi connectivity index (χ1n) is 9.38. The van der Waals surface area contributed by atoms with E-state index in [-0.39, 0.29) is 24.2 Å². The Labute approximate surface area is 183 Å². The Kier molecular flexibility index (Phi) is 7.24. The summed E-state index contributed by atoms with van der Waals surface area (Å²) >= 11 is 6.04. The smallest absolute Gasteiger partial charge is 0.434 e. The Morgan fingerprint density at radius 2 is 1.39 bits per heavy atom. The number of hydrogen-bond donors (Lipinski definition) is 2. The van der Waals surface area contributed by atoms with Gasteiger partial charge in [-0.25, -0.2) is 4.79 Å². The Morgan fingerprint density at radius 1 is 0.806 bits per heavy atom. The summed E-state index contributed by atoms with van der Waals surface area (Å²) in [6, 6.07) is 19.5. The number of amides is 2. The molecule has 0 saturated heterocycles. The van der Waals surface area contributed by atoms with Crippen LogP contribution in [0.25, 0.3) is 0 Å². The van der Waals surface area contributed by atoms with Crippen LogP contribution in [0, 0.1) is 0 Å². The van der Waals surface area contributed by atoms with Gasteiger partial charge in [0.25, 0.3) is 11.8 Å². The van der Waals surface area contributed by atoms with Crippen molar-refractivity contribution in [1.29, 1.82) is 0 Å². The molecule has 8 heteroatoms. The second kappa shape index (κ2) is 10.3. The molecule has 0 unspecified atom stereocenters. The number of halogens is 1. The zero-order valence-corrected chi connectivity index (χ0v) is 17.3. The van der Waals surface area contributed by atoms with Gasteiger partial charge < -0.3 is 20.1 Å². The van der Waals surface area contributed by atoms with Crippen molar-refractivity contribution in [3.05, 3.63) is 88.9 Å². The minimum atomic E-state index is -0.804. The minimum Gasteiger partial charge on any atom is -0.434 e. The minimum absolute atomic E-state index is 0.210. The number of hydrogen-bond acceptors (Lipinski definition) is 5. The molecular weight excluding hydrogens is 420 g/mol. The lowest BCUT2D eigenvalue weighted by Gasteiger charge is -2.09. The third-order valence-corrected chi connectivity index (χ3v) is 4.43. The summed E-state index contributed by atoms with van der Waals surface area (Å²) in [5.41, 5.74) is 1.86. The molecule has 7 nitrogen and oxygen atoms in total. The van der Waals surface area contributed by atoms with Gasteiger partial charge in [0.15, 0.2) is 0 Å². The number of carbonyl (C=O) groups excluding carboxylic acids is 3. The van der Waals surface area contributed by atoms with Gasteiger partial charge in [-0.3, -0.25) is 9.59 Å². The maximum Gasteiger partial charge on any atom is 0.513 e. The highest BCUT2D eigenvalue weighted by Gasteiger charge is 2.11. The fourth-order valence-corrected chi connectivity index (χ4v) is 2.82.